The number of ether oxygens (including phenoxy) is 2. The number of methoxy groups -OCH3 is 1. The summed E-state index contributed by atoms with van der Waals surface area (Å²) in [5.74, 6) is 1.08. The number of nitrogens with zero attached hydrogens (tertiary/aromatic N) is 1. The molecule has 1 amide bonds. The van der Waals surface area contributed by atoms with Crippen LogP contribution in [0.2, 0.25) is 5.02 Å². The molecule has 1 aliphatic rings. The number of halogens is 1. The Morgan fingerprint density at radius 3 is 2.58 bits per heavy atom. The number of anilines is 1. The Bertz CT molecular complexity index is 723. The summed E-state index contributed by atoms with van der Waals surface area (Å²) in [5.41, 5.74) is 0.239. The maximum atomic E-state index is 12.8. The van der Waals surface area contributed by atoms with E-state index in [4.69, 9.17) is 21.1 Å². The number of carbonyl (C=O) groups is 1. The van der Waals surface area contributed by atoms with Crippen LogP contribution in [0.1, 0.15) is 12.8 Å². The standard InChI is InChI=1S/C19H22ClN3O3/c1-25-13-19(8-10-21-11-9-19)18(24)23-15-3-5-16(6-4-15)26-17-7-2-14(20)12-22-17/h2-7,12,21H,8-11,13H2,1H3,(H,23,24). The van der Waals surface area contributed by atoms with Crippen molar-refractivity contribution in [3.05, 3.63) is 47.6 Å². The van der Waals surface area contributed by atoms with E-state index in [-0.39, 0.29) is 5.91 Å². The van der Waals surface area contributed by atoms with Crippen LogP contribution in [0.3, 0.4) is 0 Å². The Balaban J connectivity index is 1.64. The van der Waals surface area contributed by atoms with Gasteiger partial charge in [-0.05, 0) is 56.3 Å². The lowest BCUT2D eigenvalue weighted by molar-refractivity contribution is -0.130. The fraction of sp³-hybridized carbons (Fsp3) is 0.368. The van der Waals surface area contributed by atoms with E-state index in [9.17, 15) is 4.79 Å². The van der Waals surface area contributed by atoms with E-state index in [0.29, 0.717) is 23.3 Å². The SMILES string of the molecule is COCC1(C(=O)Nc2ccc(Oc3ccc(Cl)cn3)cc2)CCNCC1. The highest BCUT2D eigenvalue weighted by Crippen LogP contribution is 2.31. The zero-order chi connectivity index (χ0) is 18.4. The number of rotatable bonds is 6. The van der Waals surface area contributed by atoms with Gasteiger partial charge in [-0.2, -0.15) is 0 Å². The largest absolute Gasteiger partial charge is 0.439 e. The normalized spacial score (nSPS) is 16.1. The second-order valence-electron chi connectivity index (χ2n) is 6.36. The molecule has 0 atom stereocenters. The first-order valence-corrected chi connectivity index (χ1v) is 8.90. The topological polar surface area (TPSA) is 72.5 Å². The monoisotopic (exact) mass is 375 g/mol. The van der Waals surface area contributed by atoms with Crippen LogP contribution in [0.4, 0.5) is 5.69 Å². The predicted molar refractivity (Wildman–Crippen MR) is 101 cm³/mol. The average Bonchev–Trinajstić information content (AvgIpc) is 2.66. The molecule has 2 N–H and O–H groups in total. The highest BCUT2D eigenvalue weighted by molar-refractivity contribution is 6.30. The van der Waals surface area contributed by atoms with Crippen molar-refractivity contribution in [2.24, 2.45) is 5.41 Å². The molecule has 1 aromatic heterocycles. The summed E-state index contributed by atoms with van der Waals surface area (Å²) < 4.78 is 11.0. The Morgan fingerprint density at radius 2 is 1.96 bits per heavy atom. The third kappa shape index (κ3) is 4.52. The van der Waals surface area contributed by atoms with Crippen LogP contribution in [0.5, 0.6) is 11.6 Å². The molecule has 0 saturated carbocycles. The van der Waals surface area contributed by atoms with Gasteiger partial charge >= 0.3 is 0 Å². The second-order valence-corrected chi connectivity index (χ2v) is 6.79. The van der Waals surface area contributed by atoms with E-state index in [1.54, 1.807) is 31.4 Å². The average molecular weight is 376 g/mol. The first-order chi connectivity index (χ1) is 12.6. The molecule has 1 aromatic carbocycles. The van der Waals surface area contributed by atoms with Gasteiger partial charge in [-0.1, -0.05) is 11.6 Å². The minimum Gasteiger partial charge on any atom is -0.439 e. The molecule has 1 fully saturated rings. The third-order valence-corrected chi connectivity index (χ3v) is 4.72. The van der Waals surface area contributed by atoms with Crippen molar-refractivity contribution in [1.29, 1.82) is 0 Å². The molecule has 0 bridgehead atoms. The maximum absolute atomic E-state index is 12.8. The van der Waals surface area contributed by atoms with Gasteiger partial charge in [0.25, 0.3) is 0 Å². The van der Waals surface area contributed by atoms with Crippen LogP contribution >= 0.6 is 11.6 Å². The molecule has 0 aliphatic carbocycles. The fourth-order valence-electron chi connectivity index (χ4n) is 3.03. The molecule has 2 heterocycles. The molecule has 1 saturated heterocycles. The molecule has 0 spiro atoms. The molecular formula is C19H22ClN3O3. The lowest BCUT2D eigenvalue weighted by atomic mass is 9.78. The summed E-state index contributed by atoms with van der Waals surface area (Å²) in [5, 5.41) is 6.84. The number of benzene rings is 1. The van der Waals surface area contributed by atoms with Crippen molar-refractivity contribution >= 4 is 23.2 Å². The van der Waals surface area contributed by atoms with Gasteiger partial charge in [0.1, 0.15) is 5.75 Å². The highest BCUT2D eigenvalue weighted by Gasteiger charge is 2.39. The minimum atomic E-state index is -0.484. The molecule has 138 valence electrons. The molecule has 0 radical (unpaired) electrons. The van der Waals surface area contributed by atoms with Crippen molar-refractivity contribution in [3.63, 3.8) is 0 Å². The van der Waals surface area contributed by atoms with Crippen LogP contribution < -0.4 is 15.4 Å². The second kappa shape index (κ2) is 8.49. The van der Waals surface area contributed by atoms with E-state index < -0.39 is 5.41 Å². The zero-order valence-corrected chi connectivity index (χ0v) is 15.4. The molecule has 26 heavy (non-hydrogen) atoms. The predicted octanol–water partition coefficient (Wildman–Crippen LogP) is 3.48. The molecule has 7 heteroatoms. The number of nitrogens with one attached hydrogen (secondary N) is 2. The van der Waals surface area contributed by atoms with Crippen LogP contribution in [0.25, 0.3) is 0 Å². The van der Waals surface area contributed by atoms with Gasteiger partial charge in [-0.3, -0.25) is 4.79 Å². The lowest BCUT2D eigenvalue weighted by Crippen LogP contribution is -2.47. The van der Waals surface area contributed by atoms with Gasteiger partial charge in [0.15, 0.2) is 0 Å². The Kier molecular flexibility index (Phi) is 6.08. The lowest BCUT2D eigenvalue weighted by Gasteiger charge is -2.35. The number of pyridine rings is 1. The first-order valence-electron chi connectivity index (χ1n) is 8.52. The van der Waals surface area contributed by atoms with Gasteiger partial charge in [0, 0.05) is 25.1 Å². The number of hydrogen-bond donors (Lipinski definition) is 2. The molecule has 6 nitrogen and oxygen atoms in total. The van der Waals surface area contributed by atoms with Crippen LogP contribution in [0, 0.1) is 5.41 Å². The number of aromatic nitrogens is 1. The maximum Gasteiger partial charge on any atom is 0.233 e. The van der Waals surface area contributed by atoms with Gasteiger partial charge < -0.3 is 20.1 Å². The quantitative estimate of drug-likeness (QED) is 0.808. The molecule has 3 rings (SSSR count). The molecule has 0 unspecified atom stereocenters. The van der Waals surface area contributed by atoms with Crippen molar-refractivity contribution in [3.8, 4) is 11.6 Å². The smallest absolute Gasteiger partial charge is 0.233 e. The summed E-state index contributed by atoms with van der Waals surface area (Å²) in [6.45, 7) is 2.05. The number of hydrogen-bond acceptors (Lipinski definition) is 5. The van der Waals surface area contributed by atoms with Crippen LogP contribution in [-0.2, 0) is 9.53 Å². The number of amides is 1. The van der Waals surface area contributed by atoms with Crippen LogP contribution in [0.15, 0.2) is 42.6 Å². The summed E-state index contributed by atoms with van der Waals surface area (Å²) in [4.78, 5) is 16.9. The Morgan fingerprint density at radius 1 is 1.23 bits per heavy atom. The van der Waals surface area contributed by atoms with Crippen molar-refractivity contribution < 1.29 is 14.3 Å². The fourth-order valence-corrected chi connectivity index (χ4v) is 3.14. The van der Waals surface area contributed by atoms with Crippen molar-refractivity contribution in [2.75, 3.05) is 32.1 Å². The Hall–Kier alpha value is -2.15. The van der Waals surface area contributed by atoms with Gasteiger partial charge in [-0.15, -0.1) is 0 Å². The number of piperidine rings is 1. The van der Waals surface area contributed by atoms with Crippen molar-refractivity contribution in [1.82, 2.24) is 10.3 Å². The van der Waals surface area contributed by atoms with E-state index in [1.807, 2.05) is 12.1 Å². The minimum absolute atomic E-state index is 0.00566. The summed E-state index contributed by atoms with van der Waals surface area (Å²) >= 11 is 5.81. The Labute approximate surface area is 157 Å². The highest BCUT2D eigenvalue weighted by atomic mass is 35.5. The number of carbonyl (C=O) groups excluding carboxylic acids is 1. The molecule has 1 aliphatic heterocycles. The third-order valence-electron chi connectivity index (χ3n) is 4.50. The summed E-state index contributed by atoms with van der Waals surface area (Å²) in [6, 6.07) is 10.6. The molecular weight excluding hydrogens is 354 g/mol. The van der Waals surface area contributed by atoms with Crippen LogP contribution in [-0.4, -0.2) is 37.7 Å². The van der Waals surface area contributed by atoms with E-state index >= 15 is 0 Å². The van der Waals surface area contributed by atoms with E-state index in [0.717, 1.165) is 31.6 Å². The summed E-state index contributed by atoms with van der Waals surface area (Å²) in [6.07, 6.45) is 3.05. The van der Waals surface area contributed by atoms with E-state index in [1.165, 1.54) is 6.20 Å². The summed E-state index contributed by atoms with van der Waals surface area (Å²) in [7, 11) is 1.63. The van der Waals surface area contributed by atoms with Crippen molar-refractivity contribution in [2.45, 2.75) is 12.8 Å². The van der Waals surface area contributed by atoms with Gasteiger partial charge in [0.2, 0.25) is 11.8 Å². The first kappa shape index (κ1) is 18.6. The zero-order valence-electron chi connectivity index (χ0n) is 14.6. The van der Waals surface area contributed by atoms with Gasteiger partial charge in [0.05, 0.1) is 17.0 Å². The molecule has 2 aromatic rings. The van der Waals surface area contributed by atoms with Gasteiger partial charge in [-0.25, -0.2) is 4.98 Å². The van der Waals surface area contributed by atoms with E-state index in [2.05, 4.69) is 15.6 Å².